The van der Waals surface area contributed by atoms with Crippen molar-refractivity contribution in [2.75, 3.05) is 4.90 Å². The first-order valence-corrected chi connectivity index (χ1v) is 15.0. The van der Waals surface area contributed by atoms with E-state index in [1.165, 1.54) is 38.2 Å². The second kappa shape index (κ2) is 11.9. The molecule has 0 saturated heterocycles. The number of hydrogen-bond acceptors (Lipinski definition) is 2. The van der Waals surface area contributed by atoms with Crippen molar-refractivity contribution < 1.29 is 4.42 Å². The van der Waals surface area contributed by atoms with E-state index in [-0.39, 0.29) is 0 Å². The highest BCUT2D eigenvalue weighted by Crippen LogP contribution is 2.36. The zero-order chi connectivity index (χ0) is 29.9. The summed E-state index contributed by atoms with van der Waals surface area (Å²) in [5.41, 5.74) is 8.26. The first-order valence-electron chi connectivity index (χ1n) is 15.0. The molecule has 2 nitrogen and oxygen atoms in total. The second-order valence-electron chi connectivity index (χ2n) is 11.1. The molecule has 2 heteroatoms. The van der Waals surface area contributed by atoms with Crippen molar-refractivity contribution in [3.8, 4) is 0 Å². The van der Waals surface area contributed by atoms with Gasteiger partial charge in [0.25, 0.3) is 0 Å². The number of furan rings is 1. The van der Waals surface area contributed by atoms with Crippen molar-refractivity contribution in [1.82, 2.24) is 0 Å². The molecule has 212 valence electrons. The van der Waals surface area contributed by atoms with Crippen molar-refractivity contribution >= 4 is 62.9 Å². The lowest BCUT2D eigenvalue weighted by Gasteiger charge is -2.26. The van der Waals surface area contributed by atoms with Crippen molar-refractivity contribution in [1.29, 1.82) is 0 Å². The maximum absolute atomic E-state index is 6.21. The molecule has 0 saturated carbocycles. The maximum atomic E-state index is 6.21. The van der Waals surface area contributed by atoms with E-state index in [9.17, 15) is 0 Å². The number of fused-ring (bicyclic) bond motifs is 2. The van der Waals surface area contributed by atoms with Gasteiger partial charge in [0.05, 0.1) is 0 Å². The molecule has 6 aromatic carbocycles. The molecule has 0 unspecified atom stereocenters. The quantitative estimate of drug-likeness (QED) is 0.178. The van der Waals surface area contributed by atoms with Crippen LogP contribution in [-0.4, -0.2) is 0 Å². The van der Waals surface area contributed by atoms with Crippen LogP contribution < -0.4 is 4.90 Å². The van der Waals surface area contributed by atoms with Crippen LogP contribution in [0.5, 0.6) is 0 Å². The minimum Gasteiger partial charge on any atom is -0.457 e. The van der Waals surface area contributed by atoms with Gasteiger partial charge < -0.3 is 9.32 Å². The zero-order valence-corrected chi connectivity index (χ0v) is 24.9. The monoisotopic (exact) mass is 567 g/mol. The van der Waals surface area contributed by atoms with Crippen molar-refractivity contribution in [3.05, 3.63) is 173 Å². The summed E-state index contributed by atoms with van der Waals surface area (Å²) in [6, 6.07) is 48.9. The first kappa shape index (κ1) is 27.2. The minimum atomic E-state index is 0.821. The van der Waals surface area contributed by atoms with Crippen LogP contribution >= 0.6 is 0 Å². The fourth-order valence-corrected chi connectivity index (χ4v) is 6.03. The average Bonchev–Trinajstić information content (AvgIpc) is 3.53. The number of anilines is 3. The summed E-state index contributed by atoms with van der Waals surface area (Å²) in [5, 5.41) is 5.07. The minimum absolute atomic E-state index is 0.821. The summed E-state index contributed by atoms with van der Waals surface area (Å²) in [5.74, 6) is 1.65. The lowest BCUT2D eigenvalue weighted by Crippen LogP contribution is -2.09. The number of para-hydroxylation sites is 2. The fraction of sp³-hybridized carbons (Fsp3) is 0.0476. The summed E-state index contributed by atoms with van der Waals surface area (Å²) in [4.78, 5) is 2.28. The third kappa shape index (κ3) is 5.34. The molecule has 0 radical (unpaired) electrons. The van der Waals surface area contributed by atoms with Crippen molar-refractivity contribution in [3.63, 3.8) is 0 Å². The molecular weight excluding hydrogens is 534 g/mol. The first-order chi connectivity index (χ1) is 21.7. The predicted molar refractivity (Wildman–Crippen MR) is 189 cm³/mol. The molecule has 0 aliphatic carbocycles. The van der Waals surface area contributed by atoms with E-state index in [1.54, 1.807) is 0 Å². The van der Waals surface area contributed by atoms with Crippen LogP contribution in [0.3, 0.4) is 0 Å². The predicted octanol–water partition coefficient (Wildman–Crippen LogP) is 12.0. The Balaban J connectivity index is 1.15. The average molecular weight is 568 g/mol. The SMILES string of the molecule is Cc1cc(N(c2ccccc2)c2ccccc2)ccc1C=Cc1ccc(C=Cc2c3ccccc3c(C)c3ccccc23)o1. The van der Waals surface area contributed by atoms with Gasteiger partial charge in [-0.05, 0) is 118 Å². The standard InChI is InChI=1S/C42H33NO/c1-30-29-35(43(33-13-5-3-6-14-33)34-15-7-4-8-16-34)23-21-32(30)22-24-36-25-26-37(44-36)27-28-42-40-19-11-9-17-38(40)31(2)39-18-10-12-20-41(39)42/h3-29H,1-2H3. The Bertz CT molecular complexity index is 2040. The Morgan fingerprint density at radius 3 is 1.50 bits per heavy atom. The molecule has 0 atom stereocenters. The number of benzene rings is 6. The molecular formula is C42H33NO. The van der Waals surface area contributed by atoms with Crippen LogP contribution in [-0.2, 0) is 0 Å². The Labute approximate surface area is 258 Å². The molecule has 0 aliphatic heterocycles. The number of hydrogen-bond donors (Lipinski definition) is 0. The van der Waals surface area contributed by atoms with Crippen molar-refractivity contribution in [2.45, 2.75) is 13.8 Å². The molecule has 1 aromatic heterocycles. The zero-order valence-electron chi connectivity index (χ0n) is 24.9. The third-order valence-corrected chi connectivity index (χ3v) is 8.27. The highest BCUT2D eigenvalue weighted by molar-refractivity contribution is 6.10. The number of aryl methyl sites for hydroxylation is 2. The Kier molecular flexibility index (Phi) is 7.40. The summed E-state index contributed by atoms with van der Waals surface area (Å²) in [6.07, 6.45) is 8.43. The van der Waals surface area contributed by atoms with E-state index < -0.39 is 0 Å². The number of rotatable bonds is 7. The van der Waals surface area contributed by atoms with Gasteiger partial charge in [0.1, 0.15) is 11.5 Å². The van der Waals surface area contributed by atoms with E-state index in [0.717, 1.165) is 34.1 Å². The maximum Gasteiger partial charge on any atom is 0.127 e. The Morgan fingerprint density at radius 2 is 0.955 bits per heavy atom. The largest absolute Gasteiger partial charge is 0.457 e. The fourth-order valence-electron chi connectivity index (χ4n) is 6.03. The highest BCUT2D eigenvalue weighted by atomic mass is 16.3. The molecule has 7 rings (SSSR count). The topological polar surface area (TPSA) is 16.4 Å². The van der Waals surface area contributed by atoms with E-state index in [0.29, 0.717) is 0 Å². The van der Waals surface area contributed by atoms with Crippen LogP contribution in [0.25, 0.3) is 45.8 Å². The lowest BCUT2D eigenvalue weighted by molar-refractivity contribution is 0.547. The van der Waals surface area contributed by atoms with Gasteiger partial charge in [0.2, 0.25) is 0 Å². The Morgan fingerprint density at radius 1 is 0.455 bits per heavy atom. The van der Waals surface area contributed by atoms with E-state index in [2.05, 4.69) is 152 Å². The van der Waals surface area contributed by atoms with Crippen LogP contribution in [0.1, 0.15) is 33.8 Å². The molecule has 7 aromatic rings. The smallest absolute Gasteiger partial charge is 0.127 e. The molecule has 0 spiro atoms. The summed E-state index contributed by atoms with van der Waals surface area (Å²) in [6.45, 7) is 4.37. The molecule has 0 bridgehead atoms. The third-order valence-electron chi connectivity index (χ3n) is 8.27. The van der Waals surface area contributed by atoms with Gasteiger partial charge in [-0.25, -0.2) is 0 Å². The van der Waals surface area contributed by atoms with E-state index in [4.69, 9.17) is 4.42 Å². The van der Waals surface area contributed by atoms with Crippen LogP contribution in [0.4, 0.5) is 17.1 Å². The summed E-state index contributed by atoms with van der Waals surface area (Å²) >= 11 is 0. The van der Waals surface area contributed by atoms with Gasteiger partial charge in [-0.1, -0.05) is 103 Å². The van der Waals surface area contributed by atoms with Gasteiger partial charge in [0.15, 0.2) is 0 Å². The van der Waals surface area contributed by atoms with Gasteiger partial charge in [-0.3, -0.25) is 0 Å². The summed E-state index contributed by atoms with van der Waals surface area (Å²) < 4.78 is 6.21. The molecule has 44 heavy (non-hydrogen) atoms. The van der Waals surface area contributed by atoms with Crippen LogP contribution in [0.15, 0.2) is 144 Å². The van der Waals surface area contributed by atoms with Gasteiger partial charge >= 0.3 is 0 Å². The Hall–Kier alpha value is -5.60. The van der Waals surface area contributed by atoms with E-state index >= 15 is 0 Å². The molecule has 0 fully saturated rings. The molecule has 1 heterocycles. The normalized spacial score (nSPS) is 11.7. The van der Waals surface area contributed by atoms with Gasteiger partial charge in [-0.2, -0.15) is 0 Å². The molecule has 0 amide bonds. The molecule has 0 aliphatic rings. The van der Waals surface area contributed by atoms with Crippen LogP contribution in [0, 0.1) is 13.8 Å². The highest BCUT2D eigenvalue weighted by Gasteiger charge is 2.13. The van der Waals surface area contributed by atoms with Crippen LogP contribution in [0.2, 0.25) is 0 Å². The van der Waals surface area contributed by atoms with E-state index in [1.807, 2.05) is 30.3 Å². The summed E-state index contributed by atoms with van der Waals surface area (Å²) in [7, 11) is 0. The van der Waals surface area contributed by atoms with Crippen molar-refractivity contribution in [2.24, 2.45) is 0 Å². The lowest BCUT2D eigenvalue weighted by atomic mass is 9.92. The van der Waals surface area contributed by atoms with Gasteiger partial charge in [-0.15, -0.1) is 0 Å². The number of nitrogens with zero attached hydrogens (tertiary/aromatic N) is 1. The van der Waals surface area contributed by atoms with Gasteiger partial charge in [0, 0.05) is 17.1 Å². The molecule has 0 N–H and O–H groups in total. The second-order valence-corrected chi connectivity index (χ2v) is 11.1.